The van der Waals surface area contributed by atoms with Crippen molar-refractivity contribution < 1.29 is 9.59 Å². The summed E-state index contributed by atoms with van der Waals surface area (Å²) in [4.78, 5) is 24.2. The second kappa shape index (κ2) is 4.79. The van der Waals surface area contributed by atoms with Gasteiger partial charge in [-0.25, -0.2) is 0 Å². The van der Waals surface area contributed by atoms with E-state index in [9.17, 15) is 9.59 Å². The second-order valence-corrected chi connectivity index (χ2v) is 7.77. The molecule has 4 rings (SSSR count). The van der Waals surface area contributed by atoms with Crippen LogP contribution in [0.1, 0.15) is 71.1 Å². The van der Waals surface area contributed by atoms with Crippen molar-refractivity contribution in [3.63, 3.8) is 0 Å². The van der Waals surface area contributed by atoms with Crippen molar-refractivity contribution in [2.45, 2.75) is 71.1 Å². The number of fused-ring (bicyclic) bond motifs is 4. The molecule has 4 aliphatic rings. The molecule has 0 saturated heterocycles. The van der Waals surface area contributed by atoms with Gasteiger partial charge in [0.15, 0.2) is 0 Å². The zero-order valence-corrected chi connectivity index (χ0v) is 13.1. The number of carbonyl (C=O) groups is 2. The third-order valence-corrected chi connectivity index (χ3v) is 7.28. The van der Waals surface area contributed by atoms with Gasteiger partial charge in [0.2, 0.25) is 0 Å². The molecule has 0 unspecified atom stereocenters. The van der Waals surface area contributed by atoms with Crippen LogP contribution in [-0.4, -0.2) is 11.6 Å². The summed E-state index contributed by atoms with van der Waals surface area (Å²) in [5.41, 5.74) is 3.17. The van der Waals surface area contributed by atoms with Gasteiger partial charge in [0, 0.05) is 24.7 Å². The number of hydrogen-bond donors (Lipinski definition) is 0. The molecule has 2 saturated carbocycles. The van der Waals surface area contributed by atoms with Crippen LogP contribution in [0.5, 0.6) is 0 Å². The molecule has 114 valence electrons. The van der Waals surface area contributed by atoms with Crippen molar-refractivity contribution in [3.8, 4) is 0 Å². The second-order valence-electron chi connectivity index (χ2n) is 7.77. The number of hydrogen-bond acceptors (Lipinski definition) is 2. The summed E-state index contributed by atoms with van der Waals surface area (Å²) in [7, 11) is 0. The Morgan fingerprint density at radius 1 is 1.05 bits per heavy atom. The monoisotopic (exact) mass is 286 g/mol. The Bertz CT molecular complexity index is 530. The van der Waals surface area contributed by atoms with Crippen LogP contribution in [0.15, 0.2) is 11.1 Å². The van der Waals surface area contributed by atoms with Crippen LogP contribution < -0.4 is 0 Å². The third-order valence-electron chi connectivity index (χ3n) is 7.28. The molecule has 2 fully saturated rings. The molecule has 4 atom stereocenters. The summed E-state index contributed by atoms with van der Waals surface area (Å²) in [5, 5.41) is 0. The summed E-state index contributed by atoms with van der Waals surface area (Å²) in [5.74, 6) is 3.09. The number of Topliss-reactive ketones (excluding diaryl/α,β-unsaturated/α-hetero) is 2. The summed E-state index contributed by atoms with van der Waals surface area (Å²) in [6.45, 7) is 2.23. The molecule has 0 aliphatic heterocycles. The van der Waals surface area contributed by atoms with Gasteiger partial charge in [-0.3, -0.25) is 9.59 Å². The summed E-state index contributed by atoms with van der Waals surface area (Å²) < 4.78 is 0. The summed E-state index contributed by atoms with van der Waals surface area (Å²) in [6.07, 6.45) is 10.2. The fraction of sp³-hybridized carbons (Fsp3) is 0.789. The van der Waals surface area contributed by atoms with Crippen LogP contribution >= 0.6 is 0 Å². The Morgan fingerprint density at radius 3 is 2.71 bits per heavy atom. The minimum absolute atomic E-state index is 0.0315. The Hall–Kier alpha value is -0.920. The molecule has 2 heteroatoms. The standard InChI is InChI=1S/C19H26O2/c1-2-19-10-9-15-14-6-4-13(20)11-12(14)3-5-16(15)17(19)7-8-18(19)21/h15-17H,2-11H2,1H3/t15-,16-,17+,19+/m1/s1. The van der Waals surface area contributed by atoms with Crippen molar-refractivity contribution in [3.05, 3.63) is 11.1 Å². The van der Waals surface area contributed by atoms with Gasteiger partial charge in [-0.05, 0) is 62.7 Å². The SMILES string of the molecule is CC[C@]12CC[C@@H]3C4=C(CC[C@H]3[C@@H]1CCC2=O)CC(=O)CC4. The van der Waals surface area contributed by atoms with E-state index in [0.717, 1.165) is 57.3 Å². The van der Waals surface area contributed by atoms with Crippen LogP contribution in [-0.2, 0) is 9.59 Å². The first-order chi connectivity index (χ1) is 10.2. The lowest BCUT2D eigenvalue weighted by molar-refractivity contribution is -0.131. The van der Waals surface area contributed by atoms with Crippen LogP contribution in [0, 0.1) is 23.2 Å². The minimum Gasteiger partial charge on any atom is -0.299 e. The van der Waals surface area contributed by atoms with E-state index in [1.165, 1.54) is 18.4 Å². The lowest BCUT2D eigenvalue weighted by Gasteiger charge is -2.50. The normalized spacial score (nSPS) is 42.6. The van der Waals surface area contributed by atoms with E-state index in [-0.39, 0.29) is 5.41 Å². The molecular weight excluding hydrogens is 260 g/mol. The topological polar surface area (TPSA) is 34.1 Å². The molecule has 0 bridgehead atoms. The molecule has 0 N–H and O–H groups in total. The number of carbonyl (C=O) groups excluding carboxylic acids is 2. The van der Waals surface area contributed by atoms with Crippen LogP contribution in [0.4, 0.5) is 0 Å². The Morgan fingerprint density at radius 2 is 1.90 bits per heavy atom. The maximum atomic E-state index is 12.5. The summed E-state index contributed by atoms with van der Waals surface area (Å²) >= 11 is 0. The van der Waals surface area contributed by atoms with Gasteiger partial charge in [0.25, 0.3) is 0 Å². The third kappa shape index (κ3) is 1.83. The highest BCUT2D eigenvalue weighted by molar-refractivity contribution is 5.87. The van der Waals surface area contributed by atoms with Crippen molar-refractivity contribution in [2.24, 2.45) is 23.2 Å². The molecule has 0 amide bonds. The van der Waals surface area contributed by atoms with Crippen molar-refractivity contribution in [1.82, 2.24) is 0 Å². The minimum atomic E-state index is 0.0315. The van der Waals surface area contributed by atoms with Crippen LogP contribution in [0.3, 0.4) is 0 Å². The van der Waals surface area contributed by atoms with E-state index in [1.807, 2.05) is 0 Å². The molecule has 0 aromatic rings. The Balaban J connectivity index is 1.67. The maximum absolute atomic E-state index is 12.5. The van der Waals surface area contributed by atoms with Crippen molar-refractivity contribution in [2.75, 3.05) is 0 Å². The highest BCUT2D eigenvalue weighted by Crippen LogP contribution is 2.61. The van der Waals surface area contributed by atoms with E-state index in [4.69, 9.17) is 0 Å². The molecule has 0 radical (unpaired) electrons. The smallest absolute Gasteiger partial charge is 0.139 e. The fourth-order valence-corrected chi connectivity index (χ4v) is 6.27. The maximum Gasteiger partial charge on any atom is 0.139 e. The summed E-state index contributed by atoms with van der Waals surface area (Å²) in [6, 6.07) is 0. The largest absolute Gasteiger partial charge is 0.299 e. The first-order valence-electron chi connectivity index (χ1n) is 8.91. The van der Waals surface area contributed by atoms with Crippen LogP contribution in [0.2, 0.25) is 0 Å². The Kier molecular flexibility index (Phi) is 3.13. The predicted octanol–water partition coefficient (Wildman–Crippen LogP) is 4.23. The lowest BCUT2D eigenvalue weighted by Crippen LogP contribution is -2.45. The van der Waals surface area contributed by atoms with Crippen molar-refractivity contribution >= 4 is 11.6 Å². The number of ketones is 2. The average Bonchev–Trinajstić information content (AvgIpc) is 2.84. The molecule has 0 aromatic carbocycles. The molecule has 0 heterocycles. The predicted molar refractivity (Wildman–Crippen MR) is 81.8 cm³/mol. The van der Waals surface area contributed by atoms with Gasteiger partial charge >= 0.3 is 0 Å². The highest BCUT2D eigenvalue weighted by Gasteiger charge is 2.56. The van der Waals surface area contributed by atoms with E-state index in [0.29, 0.717) is 23.4 Å². The van der Waals surface area contributed by atoms with E-state index < -0.39 is 0 Å². The molecular formula is C19H26O2. The highest BCUT2D eigenvalue weighted by atomic mass is 16.1. The fourth-order valence-electron chi connectivity index (χ4n) is 6.27. The van der Waals surface area contributed by atoms with E-state index in [2.05, 4.69) is 6.92 Å². The van der Waals surface area contributed by atoms with E-state index in [1.54, 1.807) is 5.57 Å². The zero-order valence-electron chi connectivity index (χ0n) is 13.1. The van der Waals surface area contributed by atoms with Crippen LogP contribution in [0.25, 0.3) is 0 Å². The van der Waals surface area contributed by atoms with Crippen molar-refractivity contribution in [1.29, 1.82) is 0 Å². The lowest BCUT2D eigenvalue weighted by atomic mass is 9.53. The van der Waals surface area contributed by atoms with Gasteiger partial charge in [0.1, 0.15) is 11.6 Å². The molecule has 0 spiro atoms. The van der Waals surface area contributed by atoms with Gasteiger partial charge in [-0.15, -0.1) is 0 Å². The molecule has 0 aromatic heterocycles. The van der Waals surface area contributed by atoms with Gasteiger partial charge < -0.3 is 0 Å². The first-order valence-corrected chi connectivity index (χ1v) is 8.91. The molecule has 21 heavy (non-hydrogen) atoms. The van der Waals surface area contributed by atoms with Gasteiger partial charge in [0.05, 0.1) is 0 Å². The van der Waals surface area contributed by atoms with E-state index >= 15 is 0 Å². The Labute approximate surface area is 127 Å². The average molecular weight is 286 g/mol. The number of rotatable bonds is 1. The molecule has 4 aliphatic carbocycles. The van der Waals surface area contributed by atoms with Gasteiger partial charge in [-0.1, -0.05) is 18.1 Å². The van der Waals surface area contributed by atoms with Gasteiger partial charge in [-0.2, -0.15) is 0 Å². The quantitative estimate of drug-likeness (QED) is 0.676. The number of allylic oxidation sites excluding steroid dienone is 2. The first kappa shape index (κ1) is 13.7. The molecule has 2 nitrogen and oxygen atoms in total. The zero-order chi connectivity index (χ0) is 14.6.